The third-order valence-corrected chi connectivity index (χ3v) is 4.42. The molecule has 0 aromatic heterocycles. The summed E-state index contributed by atoms with van der Waals surface area (Å²) < 4.78 is 0. The minimum Gasteiger partial charge on any atom is -0.299 e. The Morgan fingerprint density at radius 3 is 2.53 bits per heavy atom. The van der Waals surface area contributed by atoms with Crippen molar-refractivity contribution in [1.29, 1.82) is 0 Å². The number of thioether (sulfide) groups is 1. The smallest absolute Gasteiger partial charge is 0.0159 e. The van der Waals surface area contributed by atoms with E-state index in [4.69, 9.17) is 0 Å². The van der Waals surface area contributed by atoms with Crippen molar-refractivity contribution < 1.29 is 0 Å². The number of hydrogen-bond acceptors (Lipinski definition) is 2. The Bertz CT molecular complexity index is 149. The summed E-state index contributed by atoms with van der Waals surface area (Å²) in [5.41, 5.74) is 0. The van der Waals surface area contributed by atoms with Crippen LogP contribution in [0.1, 0.15) is 39.0 Å². The van der Waals surface area contributed by atoms with Crippen LogP contribution in [0.15, 0.2) is 0 Å². The van der Waals surface area contributed by atoms with E-state index in [0.29, 0.717) is 0 Å². The molecule has 1 aliphatic carbocycles. The molecule has 0 aliphatic heterocycles. The van der Waals surface area contributed by atoms with Gasteiger partial charge in [-0.05, 0) is 18.6 Å². The average Bonchev–Trinajstić information content (AvgIpc) is 2.29. The van der Waals surface area contributed by atoms with Gasteiger partial charge < -0.3 is 0 Å². The van der Waals surface area contributed by atoms with Crippen LogP contribution >= 0.6 is 27.7 Å². The van der Waals surface area contributed by atoms with Crippen LogP contribution in [0, 0.1) is 0 Å². The molecule has 0 aromatic carbocycles. The summed E-state index contributed by atoms with van der Waals surface area (Å²) in [6.45, 7) is 4.77. The Balaban J connectivity index is 2.26. The highest BCUT2D eigenvalue weighted by Crippen LogP contribution is 2.22. The quantitative estimate of drug-likeness (QED) is 0.519. The van der Waals surface area contributed by atoms with E-state index in [1.807, 2.05) is 0 Å². The Morgan fingerprint density at radius 2 is 1.93 bits per heavy atom. The number of rotatable bonds is 7. The first kappa shape index (κ1) is 13.9. The van der Waals surface area contributed by atoms with Crippen LogP contribution in [-0.4, -0.2) is 40.9 Å². The number of halogens is 1. The molecule has 1 rings (SSSR count). The van der Waals surface area contributed by atoms with E-state index in [-0.39, 0.29) is 0 Å². The van der Waals surface area contributed by atoms with Gasteiger partial charge in [0.15, 0.2) is 0 Å². The fraction of sp³-hybridized carbons (Fsp3) is 1.00. The van der Waals surface area contributed by atoms with Gasteiger partial charge in [0, 0.05) is 30.2 Å². The van der Waals surface area contributed by atoms with Gasteiger partial charge in [-0.2, -0.15) is 11.8 Å². The molecule has 0 heterocycles. The van der Waals surface area contributed by atoms with E-state index < -0.39 is 0 Å². The van der Waals surface area contributed by atoms with Gasteiger partial charge in [0.2, 0.25) is 0 Å². The highest BCUT2D eigenvalue weighted by molar-refractivity contribution is 9.09. The first-order valence-electron chi connectivity index (χ1n) is 6.26. The predicted octanol–water partition coefficient (Wildman–Crippen LogP) is 3.77. The Kier molecular flexibility index (Phi) is 8.21. The minimum atomic E-state index is 0.883. The van der Waals surface area contributed by atoms with E-state index in [0.717, 1.165) is 11.4 Å². The number of nitrogens with zero attached hydrogens (tertiary/aromatic N) is 1. The molecule has 0 unspecified atom stereocenters. The van der Waals surface area contributed by atoms with E-state index in [9.17, 15) is 0 Å². The molecule has 0 bridgehead atoms. The normalized spacial score (nSPS) is 18.6. The zero-order valence-electron chi connectivity index (χ0n) is 9.88. The second-order valence-corrected chi connectivity index (χ2v) is 6.40. The fourth-order valence-electron chi connectivity index (χ4n) is 2.36. The zero-order valence-corrected chi connectivity index (χ0v) is 12.3. The van der Waals surface area contributed by atoms with Crippen molar-refractivity contribution >= 4 is 27.7 Å². The van der Waals surface area contributed by atoms with Crippen molar-refractivity contribution in [2.75, 3.05) is 29.9 Å². The molecular weight excluding hydrogens is 270 g/mol. The van der Waals surface area contributed by atoms with Crippen LogP contribution in [0.2, 0.25) is 0 Å². The largest absolute Gasteiger partial charge is 0.299 e. The average molecular weight is 294 g/mol. The van der Waals surface area contributed by atoms with Gasteiger partial charge in [0.25, 0.3) is 0 Å². The van der Waals surface area contributed by atoms with Crippen molar-refractivity contribution in [1.82, 2.24) is 4.90 Å². The van der Waals surface area contributed by atoms with Crippen molar-refractivity contribution in [3.63, 3.8) is 0 Å². The van der Waals surface area contributed by atoms with Crippen LogP contribution < -0.4 is 0 Å². The van der Waals surface area contributed by atoms with Crippen molar-refractivity contribution in [2.24, 2.45) is 0 Å². The number of hydrogen-bond donors (Lipinski definition) is 0. The third kappa shape index (κ3) is 5.60. The SMILES string of the molecule is CCSCCN(CCBr)C1CCCCC1. The zero-order chi connectivity index (χ0) is 10.9. The molecule has 3 heteroatoms. The standard InChI is InChI=1S/C12H24BrNS/c1-2-15-11-10-14(9-8-13)12-6-4-3-5-7-12/h12H,2-11H2,1H3. The van der Waals surface area contributed by atoms with Crippen molar-refractivity contribution in [3.8, 4) is 0 Å². The Labute approximate surface area is 107 Å². The Hall–Kier alpha value is 0.790. The molecule has 0 spiro atoms. The molecule has 15 heavy (non-hydrogen) atoms. The summed E-state index contributed by atoms with van der Waals surface area (Å²) in [7, 11) is 0. The fourth-order valence-corrected chi connectivity index (χ4v) is 3.47. The second-order valence-electron chi connectivity index (χ2n) is 4.21. The summed E-state index contributed by atoms with van der Waals surface area (Å²) in [6, 6.07) is 0.883. The molecule has 0 amide bonds. The highest BCUT2D eigenvalue weighted by atomic mass is 79.9. The lowest BCUT2D eigenvalue weighted by Crippen LogP contribution is -2.39. The molecule has 0 N–H and O–H groups in total. The van der Waals surface area contributed by atoms with Crippen LogP contribution in [0.3, 0.4) is 0 Å². The van der Waals surface area contributed by atoms with Gasteiger partial charge in [0.05, 0.1) is 0 Å². The van der Waals surface area contributed by atoms with Gasteiger partial charge in [-0.15, -0.1) is 0 Å². The first-order valence-corrected chi connectivity index (χ1v) is 8.54. The predicted molar refractivity (Wildman–Crippen MR) is 75.2 cm³/mol. The monoisotopic (exact) mass is 293 g/mol. The molecule has 0 atom stereocenters. The molecule has 90 valence electrons. The molecule has 1 fully saturated rings. The summed E-state index contributed by atoms with van der Waals surface area (Å²) in [4.78, 5) is 2.70. The van der Waals surface area contributed by atoms with Gasteiger partial charge in [-0.3, -0.25) is 4.90 Å². The highest BCUT2D eigenvalue weighted by Gasteiger charge is 2.19. The molecule has 1 nitrogen and oxygen atoms in total. The van der Waals surface area contributed by atoms with E-state index in [1.54, 1.807) is 0 Å². The summed E-state index contributed by atoms with van der Waals surface area (Å²) in [5, 5.41) is 1.13. The summed E-state index contributed by atoms with van der Waals surface area (Å²) in [5.74, 6) is 2.56. The van der Waals surface area contributed by atoms with E-state index in [1.165, 1.54) is 56.7 Å². The van der Waals surface area contributed by atoms with Crippen LogP contribution in [0.5, 0.6) is 0 Å². The third-order valence-electron chi connectivity index (χ3n) is 3.19. The maximum absolute atomic E-state index is 3.58. The first-order chi connectivity index (χ1) is 7.38. The second kappa shape index (κ2) is 8.89. The summed E-state index contributed by atoms with van der Waals surface area (Å²) in [6.07, 6.45) is 7.23. The van der Waals surface area contributed by atoms with Crippen LogP contribution in [0.25, 0.3) is 0 Å². The maximum atomic E-state index is 3.58. The lowest BCUT2D eigenvalue weighted by Gasteiger charge is -2.33. The molecule has 0 radical (unpaired) electrons. The molecule has 0 aromatic rings. The van der Waals surface area contributed by atoms with Crippen LogP contribution in [0.4, 0.5) is 0 Å². The minimum absolute atomic E-state index is 0.883. The van der Waals surface area contributed by atoms with Crippen molar-refractivity contribution in [3.05, 3.63) is 0 Å². The van der Waals surface area contributed by atoms with Gasteiger partial charge in [-0.1, -0.05) is 42.1 Å². The molecule has 1 aliphatic rings. The maximum Gasteiger partial charge on any atom is 0.0159 e. The molecule has 1 saturated carbocycles. The lowest BCUT2D eigenvalue weighted by atomic mass is 9.94. The lowest BCUT2D eigenvalue weighted by molar-refractivity contribution is 0.175. The molecular formula is C12H24BrNS. The van der Waals surface area contributed by atoms with E-state index >= 15 is 0 Å². The molecule has 0 saturated heterocycles. The number of alkyl halides is 1. The van der Waals surface area contributed by atoms with Gasteiger partial charge in [-0.25, -0.2) is 0 Å². The topological polar surface area (TPSA) is 3.24 Å². The van der Waals surface area contributed by atoms with Crippen LogP contribution in [-0.2, 0) is 0 Å². The summed E-state index contributed by atoms with van der Waals surface area (Å²) >= 11 is 5.65. The van der Waals surface area contributed by atoms with Gasteiger partial charge in [0.1, 0.15) is 0 Å². The Morgan fingerprint density at radius 1 is 1.20 bits per heavy atom. The van der Waals surface area contributed by atoms with Gasteiger partial charge >= 0.3 is 0 Å². The van der Waals surface area contributed by atoms with E-state index in [2.05, 4.69) is 39.5 Å². The van der Waals surface area contributed by atoms with Crippen molar-refractivity contribution in [2.45, 2.75) is 45.1 Å².